The van der Waals surface area contributed by atoms with E-state index >= 15 is 0 Å². The SMILES string of the molecule is C(=N\Nc1nc(Nc2ccccc2)nc(Nc2ccccc2)n1)/c1ccco1. The van der Waals surface area contributed by atoms with Crippen LogP contribution >= 0.6 is 0 Å². The zero-order valence-corrected chi connectivity index (χ0v) is 14.8. The predicted octanol–water partition coefficient (Wildman–Crippen LogP) is 4.40. The summed E-state index contributed by atoms with van der Waals surface area (Å²) in [5.41, 5.74) is 4.53. The van der Waals surface area contributed by atoms with Crippen molar-refractivity contribution in [1.82, 2.24) is 15.0 Å². The maximum Gasteiger partial charge on any atom is 0.250 e. The van der Waals surface area contributed by atoms with E-state index in [1.807, 2.05) is 60.7 Å². The van der Waals surface area contributed by atoms with E-state index in [4.69, 9.17) is 4.42 Å². The van der Waals surface area contributed by atoms with Crippen LogP contribution in [0, 0.1) is 0 Å². The lowest BCUT2D eigenvalue weighted by molar-refractivity contribution is 0.560. The van der Waals surface area contributed by atoms with Gasteiger partial charge in [-0.25, -0.2) is 5.43 Å². The molecule has 0 aliphatic heterocycles. The summed E-state index contributed by atoms with van der Waals surface area (Å²) in [7, 11) is 0. The molecule has 0 amide bonds. The Balaban J connectivity index is 1.58. The van der Waals surface area contributed by atoms with E-state index in [1.54, 1.807) is 24.6 Å². The molecule has 0 atom stereocenters. The minimum atomic E-state index is 0.287. The standard InChI is InChI=1S/C20H17N7O/c1-3-8-15(9-4-1)22-18-24-19(23-16-10-5-2-6-11-16)26-20(25-18)27-21-14-17-12-7-13-28-17/h1-14H,(H3,22,23,24,25,26,27)/b21-14+. The molecule has 2 aromatic heterocycles. The number of nitrogens with zero attached hydrogens (tertiary/aromatic N) is 4. The quantitative estimate of drug-likeness (QED) is 0.327. The maximum atomic E-state index is 5.21. The fraction of sp³-hybridized carbons (Fsp3) is 0. The zero-order valence-electron chi connectivity index (χ0n) is 14.8. The van der Waals surface area contributed by atoms with E-state index in [2.05, 4.69) is 36.1 Å². The van der Waals surface area contributed by atoms with E-state index in [9.17, 15) is 0 Å². The second kappa shape index (κ2) is 8.45. The Morgan fingerprint density at radius 2 is 1.25 bits per heavy atom. The lowest BCUT2D eigenvalue weighted by Gasteiger charge is -2.10. The summed E-state index contributed by atoms with van der Waals surface area (Å²) >= 11 is 0. The van der Waals surface area contributed by atoms with Gasteiger partial charge in [-0.3, -0.25) is 0 Å². The highest BCUT2D eigenvalue weighted by atomic mass is 16.3. The monoisotopic (exact) mass is 371 g/mol. The highest BCUT2D eigenvalue weighted by Gasteiger charge is 2.07. The van der Waals surface area contributed by atoms with Crippen LogP contribution in [0.5, 0.6) is 0 Å². The molecule has 28 heavy (non-hydrogen) atoms. The molecule has 3 N–H and O–H groups in total. The van der Waals surface area contributed by atoms with Crippen molar-refractivity contribution in [3.8, 4) is 0 Å². The molecule has 2 heterocycles. The Morgan fingerprint density at radius 3 is 1.79 bits per heavy atom. The molecule has 0 aliphatic rings. The van der Waals surface area contributed by atoms with Crippen molar-refractivity contribution in [3.05, 3.63) is 84.8 Å². The molecule has 8 heteroatoms. The van der Waals surface area contributed by atoms with E-state index in [0.29, 0.717) is 17.7 Å². The summed E-state index contributed by atoms with van der Waals surface area (Å²) in [6.45, 7) is 0. The molecule has 0 fully saturated rings. The fourth-order valence-corrected chi connectivity index (χ4v) is 2.36. The van der Waals surface area contributed by atoms with Crippen LogP contribution in [0.1, 0.15) is 5.76 Å². The topological polar surface area (TPSA) is 100 Å². The van der Waals surface area contributed by atoms with Gasteiger partial charge in [-0.15, -0.1) is 0 Å². The smallest absolute Gasteiger partial charge is 0.250 e. The number of rotatable bonds is 7. The van der Waals surface area contributed by atoms with E-state index < -0.39 is 0 Å². The number of anilines is 5. The highest BCUT2D eigenvalue weighted by molar-refractivity contribution is 5.76. The molecule has 0 radical (unpaired) electrons. The average molecular weight is 371 g/mol. The number of aromatic nitrogens is 3. The van der Waals surface area contributed by atoms with Gasteiger partial charge in [0.25, 0.3) is 0 Å². The van der Waals surface area contributed by atoms with Crippen molar-refractivity contribution in [2.45, 2.75) is 0 Å². The van der Waals surface area contributed by atoms with Gasteiger partial charge in [0, 0.05) is 11.4 Å². The molecule has 4 rings (SSSR count). The van der Waals surface area contributed by atoms with Gasteiger partial charge in [0.15, 0.2) is 0 Å². The highest BCUT2D eigenvalue weighted by Crippen LogP contribution is 2.18. The molecule has 0 saturated heterocycles. The molecule has 138 valence electrons. The Morgan fingerprint density at radius 1 is 0.679 bits per heavy atom. The Labute approximate surface area is 161 Å². The first kappa shape index (κ1) is 17.2. The molecule has 0 spiro atoms. The molecule has 8 nitrogen and oxygen atoms in total. The summed E-state index contributed by atoms with van der Waals surface area (Å²) in [6, 6.07) is 22.9. The second-order valence-corrected chi connectivity index (χ2v) is 5.67. The predicted molar refractivity (Wildman–Crippen MR) is 109 cm³/mol. The molecule has 0 bridgehead atoms. The number of nitrogens with one attached hydrogen (secondary N) is 3. The summed E-state index contributed by atoms with van der Waals surface area (Å²) in [5, 5.41) is 10.4. The van der Waals surface area contributed by atoms with Gasteiger partial charge >= 0.3 is 0 Å². The van der Waals surface area contributed by atoms with Crippen molar-refractivity contribution in [1.29, 1.82) is 0 Å². The van der Waals surface area contributed by atoms with E-state index in [0.717, 1.165) is 11.4 Å². The largest absolute Gasteiger partial charge is 0.463 e. The summed E-state index contributed by atoms with van der Waals surface area (Å²) in [4.78, 5) is 13.1. The van der Waals surface area contributed by atoms with Crippen molar-refractivity contribution in [2.75, 3.05) is 16.1 Å². The van der Waals surface area contributed by atoms with Gasteiger partial charge in [-0.1, -0.05) is 36.4 Å². The third-order valence-electron chi connectivity index (χ3n) is 3.59. The molecular formula is C20H17N7O. The Hall–Kier alpha value is -4.20. The van der Waals surface area contributed by atoms with Crippen molar-refractivity contribution >= 4 is 35.4 Å². The van der Waals surface area contributed by atoms with E-state index in [1.165, 1.54) is 0 Å². The van der Waals surface area contributed by atoms with Crippen LogP contribution in [0.25, 0.3) is 0 Å². The first-order valence-electron chi connectivity index (χ1n) is 8.58. The lowest BCUT2D eigenvalue weighted by atomic mass is 10.3. The van der Waals surface area contributed by atoms with Gasteiger partial charge in [-0.05, 0) is 36.4 Å². The van der Waals surface area contributed by atoms with Gasteiger partial charge in [0.05, 0.1) is 12.5 Å². The van der Waals surface area contributed by atoms with Crippen LogP contribution in [0.3, 0.4) is 0 Å². The minimum absolute atomic E-state index is 0.287. The van der Waals surface area contributed by atoms with Gasteiger partial charge in [0.2, 0.25) is 17.8 Å². The normalized spacial score (nSPS) is 10.7. The Bertz CT molecular complexity index is 975. The summed E-state index contributed by atoms with van der Waals surface area (Å²) < 4.78 is 5.21. The molecule has 0 unspecified atom stereocenters. The zero-order chi connectivity index (χ0) is 19.0. The van der Waals surface area contributed by atoms with Crippen LogP contribution < -0.4 is 16.1 Å². The lowest BCUT2D eigenvalue weighted by Crippen LogP contribution is -2.07. The van der Waals surface area contributed by atoms with Crippen LogP contribution in [0.2, 0.25) is 0 Å². The number of para-hydroxylation sites is 2. The Kier molecular flexibility index (Phi) is 5.20. The van der Waals surface area contributed by atoms with Crippen LogP contribution in [-0.2, 0) is 0 Å². The first-order chi connectivity index (χ1) is 13.8. The maximum absolute atomic E-state index is 5.21. The van der Waals surface area contributed by atoms with Gasteiger partial charge in [0.1, 0.15) is 5.76 Å². The van der Waals surface area contributed by atoms with Crippen molar-refractivity contribution < 1.29 is 4.42 Å². The average Bonchev–Trinajstić information content (AvgIpc) is 3.23. The molecule has 2 aromatic carbocycles. The van der Waals surface area contributed by atoms with Crippen LogP contribution in [0.15, 0.2) is 88.6 Å². The first-order valence-corrected chi connectivity index (χ1v) is 8.58. The number of benzene rings is 2. The van der Waals surface area contributed by atoms with Gasteiger partial charge < -0.3 is 15.1 Å². The number of hydrazone groups is 1. The fourth-order valence-electron chi connectivity index (χ4n) is 2.36. The van der Waals surface area contributed by atoms with Crippen molar-refractivity contribution in [2.24, 2.45) is 5.10 Å². The summed E-state index contributed by atoms with van der Waals surface area (Å²) in [5.74, 6) is 1.67. The summed E-state index contributed by atoms with van der Waals surface area (Å²) in [6.07, 6.45) is 3.12. The number of hydrogen-bond acceptors (Lipinski definition) is 8. The molecule has 0 aliphatic carbocycles. The van der Waals surface area contributed by atoms with Crippen LogP contribution in [0.4, 0.5) is 29.2 Å². The molecule has 0 saturated carbocycles. The molecular weight excluding hydrogens is 354 g/mol. The molecule has 4 aromatic rings. The number of hydrogen-bond donors (Lipinski definition) is 3. The third-order valence-corrected chi connectivity index (χ3v) is 3.59. The van der Waals surface area contributed by atoms with E-state index in [-0.39, 0.29) is 5.95 Å². The second-order valence-electron chi connectivity index (χ2n) is 5.67. The third kappa shape index (κ3) is 4.70. The minimum Gasteiger partial charge on any atom is -0.463 e. The van der Waals surface area contributed by atoms with Crippen LogP contribution in [-0.4, -0.2) is 21.2 Å². The number of furan rings is 1. The van der Waals surface area contributed by atoms with Crippen molar-refractivity contribution in [3.63, 3.8) is 0 Å². The van der Waals surface area contributed by atoms with Gasteiger partial charge in [-0.2, -0.15) is 20.1 Å².